The van der Waals surface area contributed by atoms with Crippen molar-refractivity contribution in [1.29, 1.82) is 0 Å². The van der Waals surface area contributed by atoms with Crippen molar-refractivity contribution >= 4 is 22.6 Å². The molecule has 1 aromatic heterocycles. The molecule has 2 aromatic rings. The fourth-order valence-electron chi connectivity index (χ4n) is 3.95. The lowest BCUT2D eigenvalue weighted by Gasteiger charge is -2.39. The van der Waals surface area contributed by atoms with Crippen molar-refractivity contribution in [1.82, 2.24) is 19.4 Å². The normalized spacial score (nSPS) is 20.1. The summed E-state index contributed by atoms with van der Waals surface area (Å²) in [4.78, 5) is 16.9. The van der Waals surface area contributed by atoms with Gasteiger partial charge in [0.05, 0.1) is 6.20 Å². The molecule has 0 radical (unpaired) electrons. The fraction of sp³-hybridized carbons (Fsp3) is 0.500. The lowest BCUT2D eigenvalue weighted by atomic mass is 9.77. The highest BCUT2D eigenvalue weighted by molar-refractivity contribution is 7.10. The van der Waals surface area contributed by atoms with Gasteiger partial charge in [-0.05, 0) is 43.3 Å². The molecule has 2 aliphatic rings. The lowest BCUT2D eigenvalue weighted by molar-refractivity contribution is 0.106. The third-order valence-corrected chi connectivity index (χ3v) is 6.06. The van der Waals surface area contributed by atoms with E-state index >= 15 is 0 Å². The number of nitrogens with one attached hydrogen (secondary N) is 1. The SMILES string of the molecule is O=C(Nc1cnns1)N1CCC2(CCN(Cc3ccccc3)CC2)C1. The van der Waals surface area contributed by atoms with Crippen molar-refractivity contribution in [3.63, 3.8) is 0 Å². The predicted molar refractivity (Wildman–Crippen MR) is 98.5 cm³/mol. The summed E-state index contributed by atoms with van der Waals surface area (Å²) < 4.78 is 3.78. The summed E-state index contributed by atoms with van der Waals surface area (Å²) in [5, 5.41) is 7.37. The summed E-state index contributed by atoms with van der Waals surface area (Å²) in [6, 6.07) is 10.6. The van der Waals surface area contributed by atoms with Crippen LogP contribution in [0.2, 0.25) is 0 Å². The number of piperidine rings is 1. The molecule has 0 atom stereocenters. The van der Waals surface area contributed by atoms with E-state index in [0.29, 0.717) is 10.4 Å². The number of carbonyl (C=O) groups is 1. The Bertz CT molecular complexity index is 698. The number of aromatic nitrogens is 2. The smallest absolute Gasteiger partial charge is 0.322 e. The molecule has 0 unspecified atom stereocenters. The molecule has 0 bridgehead atoms. The molecule has 7 heteroatoms. The molecule has 25 heavy (non-hydrogen) atoms. The first-order valence-electron chi connectivity index (χ1n) is 8.82. The van der Waals surface area contributed by atoms with Crippen LogP contribution in [0.3, 0.4) is 0 Å². The van der Waals surface area contributed by atoms with Gasteiger partial charge in [0.1, 0.15) is 5.00 Å². The molecular weight excluding hydrogens is 334 g/mol. The van der Waals surface area contributed by atoms with Crippen LogP contribution in [0.5, 0.6) is 0 Å². The van der Waals surface area contributed by atoms with Crippen molar-refractivity contribution in [2.75, 3.05) is 31.5 Å². The molecule has 0 aliphatic carbocycles. The number of nitrogens with zero attached hydrogens (tertiary/aromatic N) is 4. The van der Waals surface area contributed by atoms with Crippen molar-refractivity contribution < 1.29 is 4.79 Å². The van der Waals surface area contributed by atoms with E-state index in [1.807, 2.05) is 4.90 Å². The molecular formula is C18H23N5OS. The number of carbonyl (C=O) groups excluding carboxylic acids is 1. The maximum Gasteiger partial charge on any atom is 0.322 e. The Morgan fingerprint density at radius 1 is 1.16 bits per heavy atom. The van der Waals surface area contributed by atoms with Gasteiger partial charge >= 0.3 is 6.03 Å². The summed E-state index contributed by atoms with van der Waals surface area (Å²) in [6.07, 6.45) is 5.05. The van der Waals surface area contributed by atoms with Crippen molar-refractivity contribution in [3.8, 4) is 0 Å². The van der Waals surface area contributed by atoms with Crippen LogP contribution in [-0.2, 0) is 6.54 Å². The summed E-state index contributed by atoms with van der Waals surface area (Å²) in [5.41, 5.74) is 1.68. The van der Waals surface area contributed by atoms with E-state index in [2.05, 4.69) is 50.1 Å². The average molecular weight is 357 g/mol. The monoisotopic (exact) mass is 357 g/mol. The molecule has 3 heterocycles. The Hall–Kier alpha value is -1.99. The minimum atomic E-state index is -0.0189. The maximum absolute atomic E-state index is 12.4. The van der Waals surface area contributed by atoms with Crippen molar-refractivity contribution in [2.24, 2.45) is 5.41 Å². The van der Waals surface area contributed by atoms with Gasteiger partial charge in [0.2, 0.25) is 0 Å². The molecule has 2 amide bonds. The lowest BCUT2D eigenvalue weighted by Crippen LogP contribution is -2.42. The van der Waals surface area contributed by atoms with E-state index in [-0.39, 0.29) is 6.03 Å². The zero-order chi connectivity index (χ0) is 17.1. The van der Waals surface area contributed by atoms with Gasteiger partial charge in [-0.25, -0.2) is 4.79 Å². The number of likely N-dealkylation sites (tertiary alicyclic amines) is 2. The van der Waals surface area contributed by atoms with Gasteiger partial charge in [0.25, 0.3) is 0 Å². The number of amides is 2. The second-order valence-corrected chi connectivity index (χ2v) is 7.93. The number of hydrogen-bond donors (Lipinski definition) is 1. The average Bonchev–Trinajstić information content (AvgIpc) is 3.29. The largest absolute Gasteiger partial charge is 0.324 e. The topological polar surface area (TPSA) is 61.4 Å². The van der Waals surface area contributed by atoms with Gasteiger partial charge in [-0.1, -0.05) is 34.8 Å². The molecule has 4 rings (SSSR count). The summed E-state index contributed by atoms with van der Waals surface area (Å²) in [5.74, 6) is 0. The molecule has 0 saturated carbocycles. The molecule has 132 valence electrons. The standard InChI is InChI=1S/C18H23N5OS/c24-17(20-16-12-19-21-25-16)23-11-8-18(14-23)6-9-22(10-7-18)13-15-4-2-1-3-5-15/h1-5,12H,6-11,13-14H2,(H,20,24). The molecule has 6 nitrogen and oxygen atoms in total. The molecule has 2 fully saturated rings. The van der Waals surface area contributed by atoms with E-state index in [0.717, 1.165) is 39.1 Å². The first kappa shape index (κ1) is 16.5. The van der Waals surface area contributed by atoms with Crippen LogP contribution in [-0.4, -0.2) is 51.6 Å². The minimum Gasteiger partial charge on any atom is -0.324 e. The van der Waals surface area contributed by atoms with Gasteiger partial charge in [-0.15, -0.1) is 5.10 Å². The molecule has 2 aliphatic heterocycles. The van der Waals surface area contributed by atoms with E-state index in [1.165, 1.54) is 29.9 Å². The Kier molecular flexibility index (Phi) is 4.67. The number of hydrogen-bond acceptors (Lipinski definition) is 5. The summed E-state index contributed by atoms with van der Waals surface area (Å²) in [7, 11) is 0. The number of urea groups is 1. The summed E-state index contributed by atoms with van der Waals surface area (Å²) in [6.45, 7) is 4.97. The van der Waals surface area contributed by atoms with E-state index < -0.39 is 0 Å². The Morgan fingerprint density at radius 3 is 2.64 bits per heavy atom. The molecule has 2 saturated heterocycles. The van der Waals surface area contributed by atoms with Gasteiger partial charge in [-0.3, -0.25) is 10.2 Å². The third kappa shape index (κ3) is 3.82. The van der Waals surface area contributed by atoms with Crippen LogP contribution in [0.4, 0.5) is 9.80 Å². The second kappa shape index (κ2) is 7.09. The first-order valence-corrected chi connectivity index (χ1v) is 9.59. The van der Waals surface area contributed by atoms with Gasteiger partial charge in [0.15, 0.2) is 0 Å². The van der Waals surface area contributed by atoms with Gasteiger partial charge in [0, 0.05) is 31.2 Å². The van der Waals surface area contributed by atoms with Gasteiger partial charge < -0.3 is 4.90 Å². The van der Waals surface area contributed by atoms with E-state index in [9.17, 15) is 4.79 Å². The zero-order valence-electron chi connectivity index (χ0n) is 14.2. The third-order valence-electron chi connectivity index (χ3n) is 5.48. The molecule has 1 spiro atoms. The zero-order valence-corrected chi connectivity index (χ0v) is 15.0. The van der Waals surface area contributed by atoms with E-state index in [1.54, 1.807) is 6.20 Å². The fourth-order valence-corrected chi connectivity index (χ4v) is 4.36. The van der Waals surface area contributed by atoms with E-state index in [4.69, 9.17) is 0 Å². The minimum absolute atomic E-state index is 0.0189. The molecule has 1 aromatic carbocycles. The number of rotatable bonds is 3. The van der Waals surface area contributed by atoms with Crippen molar-refractivity contribution in [3.05, 3.63) is 42.1 Å². The van der Waals surface area contributed by atoms with Crippen LogP contribution in [0.1, 0.15) is 24.8 Å². The van der Waals surface area contributed by atoms with Crippen LogP contribution in [0, 0.1) is 5.41 Å². The predicted octanol–water partition coefficient (Wildman–Crippen LogP) is 3.06. The first-order chi connectivity index (χ1) is 12.2. The molecule has 1 N–H and O–H groups in total. The summed E-state index contributed by atoms with van der Waals surface area (Å²) >= 11 is 1.21. The van der Waals surface area contributed by atoms with Crippen LogP contribution < -0.4 is 5.32 Å². The second-order valence-electron chi connectivity index (χ2n) is 7.15. The highest BCUT2D eigenvalue weighted by Crippen LogP contribution is 2.40. The maximum atomic E-state index is 12.4. The van der Waals surface area contributed by atoms with Crippen LogP contribution in [0.15, 0.2) is 36.5 Å². The van der Waals surface area contributed by atoms with Crippen LogP contribution >= 0.6 is 11.5 Å². The highest BCUT2D eigenvalue weighted by Gasteiger charge is 2.42. The number of benzene rings is 1. The number of anilines is 1. The van der Waals surface area contributed by atoms with Crippen LogP contribution in [0.25, 0.3) is 0 Å². The highest BCUT2D eigenvalue weighted by atomic mass is 32.1. The Balaban J connectivity index is 1.29. The Labute approximate surface area is 152 Å². The van der Waals surface area contributed by atoms with Gasteiger partial charge in [-0.2, -0.15) is 0 Å². The quantitative estimate of drug-likeness (QED) is 0.917. The Morgan fingerprint density at radius 2 is 1.92 bits per heavy atom. The van der Waals surface area contributed by atoms with Crippen molar-refractivity contribution in [2.45, 2.75) is 25.8 Å².